The van der Waals surface area contributed by atoms with Gasteiger partial charge in [-0.25, -0.2) is 9.59 Å². The van der Waals surface area contributed by atoms with Gasteiger partial charge < -0.3 is 15.6 Å². The van der Waals surface area contributed by atoms with Gasteiger partial charge in [-0.3, -0.25) is 20.2 Å². The van der Waals surface area contributed by atoms with Crippen LogP contribution in [0.3, 0.4) is 0 Å². The van der Waals surface area contributed by atoms with Crippen molar-refractivity contribution in [2.24, 2.45) is 0 Å². The molecule has 0 aliphatic rings. The van der Waals surface area contributed by atoms with Crippen molar-refractivity contribution in [3.8, 4) is 0 Å². The van der Waals surface area contributed by atoms with E-state index in [2.05, 4.69) is 9.97 Å². The quantitative estimate of drug-likeness (QED) is 0.416. The molecule has 12 heteroatoms. The third-order valence-corrected chi connectivity index (χ3v) is 3.07. The van der Waals surface area contributed by atoms with E-state index in [4.69, 9.17) is 11.0 Å². The number of rotatable bonds is 4. The van der Waals surface area contributed by atoms with Crippen molar-refractivity contribution in [2.75, 3.05) is 10.6 Å². The van der Waals surface area contributed by atoms with Crippen LogP contribution in [0, 0.1) is 34.1 Å². The van der Waals surface area contributed by atoms with Gasteiger partial charge in [-0.05, 0) is 44.1 Å². The summed E-state index contributed by atoms with van der Waals surface area (Å²) in [6.07, 6.45) is 0. The van der Waals surface area contributed by atoms with E-state index in [0.29, 0.717) is 0 Å². The lowest BCUT2D eigenvalue weighted by molar-refractivity contribution is -0.385. The summed E-state index contributed by atoms with van der Waals surface area (Å²) in [4.78, 5) is 48.5. The van der Waals surface area contributed by atoms with Crippen molar-refractivity contribution >= 4 is 28.8 Å². The molecule has 2 amide bonds. The number of nitro groups is 2. The zero-order valence-electron chi connectivity index (χ0n) is 23.9. The molecular formula is C19H18N6O6. The summed E-state index contributed by atoms with van der Waals surface area (Å²) in [6.45, 7) is 3.62. The Labute approximate surface area is 186 Å². The Morgan fingerprint density at radius 1 is 0.935 bits per heavy atom. The van der Waals surface area contributed by atoms with E-state index in [1.165, 1.54) is 0 Å². The predicted molar refractivity (Wildman–Crippen MR) is 113 cm³/mol. The molecule has 0 atom stereocenters. The molecule has 0 fully saturated rings. The van der Waals surface area contributed by atoms with Crippen LogP contribution in [0.1, 0.15) is 22.4 Å². The Bertz CT molecular complexity index is 1410. The number of aryl methyl sites for hydroxylation is 2. The lowest BCUT2D eigenvalue weighted by Gasteiger charge is -2.07. The van der Waals surface area contributed by atoms with Gasteiger partial charge in [-0.15, -0.1) is 0 Å². The SMILES string of the molecule is Cc1cc(C)[nH]c(=O)n1.[2H]c1c([2H])c([N+](=O)[O-])c([2H])c([2H])c1NC(=O)Nc1c([2H])c([2H])c([N+](=O)[O-])c([2H])c1[2H]. The average Bonchev–Trinajstić information content (AvgIpc) is 2.81. The fourth-order valence-electron chi connectivity index (χ4n) is 1.92. The molecule has 0 aliphatic carbocycles. The number of nitrogens with zero attached hydrogens (tertiary/aromatic N) is 3. The van der Waals surface area contributed by atoms with Crippen molar-refractivity contribution < 1.29 is 25.6 Å². The third kappa shape index (κ3) is 7.38. The molecule has 0 bridgehead atoms. The minimum atomic E-state index is -1.33. The fourth-order valence-corrected chi connectivity index (χ4v) is 1.92. The van der Waals surface area contributed by atoms with E-state index in [-0.39, 0.29) is 5.69 Å². The summed E-state index contributed by atoms with van der Waals surface area (Å²) in [6, 6.07) is -7.41. The van der Waals surface area contributed by atoms with Crippen molar-refractivity contribution in [1.82, 2.24) is 9.97 Å². The Morgan fingerprint density at radius 3 is 1.68 bits per heavy atom. The largest absolute Gasteiger partial charge is 0.345 e. The molecule has 0 saturated heterocycles. The first-order valence-electron chi connectivity index (χ1n) is 12.1. The predicted octanol–water partition coefficient (Wildman–Crippen LogP) is 3.53. The Kier molecular flexibility index (Phi) is 4.49. The van der Waals surface area contributed by atoms with Gasteiger partial charge in [-0.1, -0.05) is 0 Å². The van der Waals surface area contributed by atoms with Crippen LogP contribution in [0.25, 0.3) is 0 Å². The second-order valence-corrected chi connectivity index (χ2v) is 5.55. The van der Waals surface area contributed by atoms with Crippen LogP contribution in [0.4, 0.5) is 27.5 Å². The van der Waals surface area contributed by atoms with E-state index in [1.807, 2.05) is 23.6 Å². The Hall–Kier alpha value is -4.61. The average molecular weight is 434 g/mol. The molecule has 0 unspecified atom stereocenters. The first-order chi connectivity index (χ1) is 18.0. The summed E-state index contributed by atoms with van der Waals surface area (Å²) < 4.78 is 61.2. The first kappa shape index (κ1) is 13.6. The lowest BCUT2D eigenvalue weighted by Crippen LogP contribution is -2.19. The topological polar surface area (TPSA) is 173 Å². The highest BCUT2D eigenvalue weighted by molar-refractivity contribution is 5.99. The van der Waals surface area contributed by atoms with Crippen LogP contribution in [-0.4, -0.2) is 25.8 Å². The van der Waals surface area contributed by atoms with Crippen LogP contribution in [0.5, 0.6) is 0 Å². The second-order valence-electron chi connectivity index (χ2n) is 5.55. The number of H-pyrrole nitrogens is 1. The summed E-state index contributed by atoms with van der Waals surface area (Å²) >= 11 is 0. The van der Waals surface area contributed by atoms with Gasteiger partial charge in [0, 0.05) is 46.9 Å². The number of carbonyl (C=O) groups excluding carboxylic acids is 1. The third-order valence-electron chi connectivity index (χ3n) is 3.07. The van der Waals surface area contributed by atoms with Crippen molar-refractivity contribution in [3.63, 3.8) is 0 Å². The number of urea groups is 1. The van der Waals surface area contributed by atoms with E-state index in [9.17, 15) is 29.8 Å². The molecule has 3 rings (SSSR count). The molecule has 3 N–H and O–H groups in total. The molecule has 1 aromatic heterocycles. The highest BCUT2D eigenvalue weighted by atomic mass is 16.6. The minimum Gasteiger partial charge on any atom is -0.310 e. The Morgan fingerprint density at radius 2 is 1.35 bits per heavy atom. The molecule has 160 valence electrons. The highest BCUT2D eigenvalue weighted by Crippen LogP contribution is 2.17. The van der Waals surface area contributed by atoms with Crippen molar-refractivity contribution in [2.45, 2.75) is 13.8 Å². The summed E-state index contributed by atoms with van der Waals surface area (Å²) in [5.74, 6) is 0. The summed E-state index contributed by atoms with van der Waals surface area (Å²) in [5.41, 5.74) is -2.36. The van der Waals surface area contributed by atoms with E-state index < -0.39 is 87.0 Å². The van der Waals surface area contributed by atoms with Crippen LogP contribution < -0.4 is 16.3 Å². The number of hydrogen-bond acceptors (Lipinski definition) is 7. The first-order valence-corrected chi connectivity index (χ1v) is 8.11. The molecule has 0 saturated carbocycles. The molecule has 0 spiro atoms. The molecule has 31 heavy (non-hydrogen) atoms. The Balaban J connectivity index is 0.000000499. The monoisotopic (exact) mass is 434 g/mol. The molecule has 2 aromatic carbocycles. The number of amides is 2. The smallest absolute Gasteiger partial charge is 0.310 e. The van der Waals surface area contributed by atoms with E-state index in [0.717, 1.165) is 11.4 Å². The highest BCUT2D eigenvalue weighted by Gasteiger charge is 2.08. The van der Waals surface area contributed by atoms with Gasteiger partial charge in [0.25, 0.3) is 11.4 Å². The number of aromatic amines is 1. The number of carbonyl (C=O) groups is 1. The van der Waals surface area contributed by atoms with Gasteiger partial charge in [0.15, 0.2) is 0 Å². The number of nitro benzene ring substituents is 2. The van der Waals surface area contributed by atoms with Crippen LogP contribution in [0.2, 0.25) is 0 Å². The van der Waals surface area contributed by atoms with Gasteiger partial charge in [-0.2, -0.15) is 4.98 Å². The fraction of sp³-hybridized carbons (Fsp3) is 0.105. The van der Waals surface area contributed by atoms with Crippen LogP contribution >= 0.6 is 0 Å². The van der Waals surface area contributed by atoms with Gasteiger partial charge in [0.1, 0.15) is 0 Å². The molecule has 0 radical (unpaired) electrons. The van der Waals surface area contributed by atoms with Gasteiger partial charge in [0.2, 0.25) is 0 Å². The zero-order valence-corrected chi connectivity index (χ0v) is 15.9. The number of benzene rings is 2. The summed E-state index contributed by atoms with van der Waals surface area (Å²) in [7, 11) is 0. The van der Waals surface area contributed by atoms with Crippen LogP contribution in [0.15, 0.2) is 59.2 Å². The number of aromatic nitrogens is 2. The maximum Gasteiger partial charge on any atom is 0.345 e. The molecule has 12 nitrogen and oxygen atoms in total. The molecular weight excluding hydrogens is 408 g/mol. The maximum atomic E-state index is 12.2. The lowest BCUT2D eigenvalue weighted by atomic mass is 10.3. The molecule has 0 aliphatic heterocycles. The van der Waals surface area contributed by atoms with Crippen molar-refractivity contribution in [1.29, 1.82) is 0 Å². The zero-order chi connectivity index (χ0) is 29.9. The van der Waals surface area contributed by atoms with Crippen molar-refractivity contribution in [3.05, 3.63) is 96.5 Å². The van der Waals surface area contributed by atoms with E-state index >= 15 is 0 Å². The number of anilines is 2. The molecule has 3 aromatic rings. The number of hydrogen-bond donors (Lipinski definition) is 3. The van der Waals surface area contributed by atoms with Gasteiger partial charge >= 0.3 is 11.7 Å². The second kappa shape index (κ2) is 10.2. The minimum absolute atomic E-state index is 0.271. The normalized spacial score (nSPS) is 13.4. The standard InChI is InChI=1S/C13H10N4O5.C6H8N2O/c18-13(14-9-1-5-11(6-2-9)16(19)20)15-10-3-7-12(8-4-10)17(21)22;1-4-3-5(2)8-6(9)7-4/h1-8H,(H2,14,15,18);3H,1-2H3,(H,7,8,9)/i1D,2D,3D,4D,5D,6D,7D,8D;. The maximum absolute atomic E-state index is 12.2. The van der Waals surface area contributed by atoms with Crippen LogP contribution in [-0.2, 0) is 0 Å². The van der Waals surface area contributed by atoms with Gasteiger partial charge in [0.05, 0.1) is 20.8 Å². The molecule has 1 heterocycles. The van der Waals surface area contributed by atoms with E-state index in [1.54, 1.807) is 6.92 Å². The summed E-state index contributed by atoms with van der Waals surface area (Å²) in [5, 5.41) is 25.6. The number of nitrogens with one attached hydrogen (secondary N) is 3.